The predicted octanol–water partition coefficient (Wildman–Crippen LogP) is 5.89. The number of nitrogens with zero attached hydrogens (tertiary/aromatic N) is 2. The molecule has 1 aliphatic heterocycles. The Balaban J connectivity index is 1.78. The van der Waals surface area contributed by atoms with Crippen molar-refractivity contribution in [3.05, 3.63) is 96.6 Å². The molecule has 0 saturated carbocycles. The van der Waals surface area contributed by atoms with Gasteiger partial charge < -0.3 is 10.0 Å². The highest BCUT2D eigenvalue weighted by atomic mass is 35.5. The number of aromatic nitrogens is 1. The van der Waals surface area contributed by atoms with Crippen LogP contribution in [-0.2, 0) is 11.2 Å². The van der Waals surface area contributed by atoms with Crippen molar-refractivity contribution in [1.82, 2.24) is 9.88 Å². The summed E-state index contributed by atoms with van der Waals surface area (Å²) in [6.07, 6.45) is 0.557. The van der Waals surface area contributed by atoms with Crippen molar-refractivity contribution in [2.75, 3.05) is 6.54 Å². The Bertz CT molecular complexity index is 1240. The van der Waals surface area contributed by atoms with Crippen molar-refractivity contribution in [3.8, 4) is 0 Å². The minimum Gasteiger partial charge on any atom is -0.503 e. The standard InChI is InChI=1S/C24H20Cl2N2O3S/c1-13-23(32-14(2)27-13)21(29)19-20(17-9-8-16(25)12-18(17)26)28(24(31)22(19)30)11-10-15-6-4-3-5-7-15/h3-9,12,20,30H,10-11H2,1-2H3. The van der Waals surface area contributed by atoms with Crippen LogP contribution in [0.15, 0.2) is 59.9 Å². The van der Waals surface area contributed by atoms with Gasteiger partial charge in [0.2, 0.25) is 5.78 Å². The van der Waals surface area contributed by atoms with Gasteiger partial charge in [0, 0.05) is 16.6 Å². The Labute approximate surface area is 199 Å². The molecule has 0 spiro atoms. The Morgan fingerprint density at radius 2 is 1.88 bits per heavy atom. The molecule has 1 aliphatic rings. The zero-order valence-electron chi connectivity index (χ0n) is 17.4. The highest BCUT2D eigenvalue weighted by Crippen LogP contribution is 2.43. The van der Waals surface area contributed by atoms with E-state index in [0.29, 0.717) is 39.1 Å². The smallest absolute Gasteiger partial charge is 0.290 e. The molecule has 1 N–H and O–H groups in total. The fraction of sp³-hybridized carbons (Fsp3) is 0.208. The van der Waals surface area contributed by atoms with E-state index in [1.165, 1.54) is 16.2 Å². The van der Waals surface area contributed by atoms with E-state index in [-0.39, 0.29) is 5.57 Å². The SMILES string of the molecule is Cc1nc(C)c(C(=O)C2=C(O)C(=O)N(CCc3ccccc3)C2c2ccc(Cl)cc2Cl)s1. The first-order valence-corrected chi connectivity index (χ1v) is 11.6. The maximum Gasteiger partial charge on any atom is 0.290 e. The minimum atomic E-state index is -0.828. The molecule has 8 heteroatoms. The van der Waals surface area contributed by atoms with Crippen LogP contribution in [0.25, 0.3) is 0 Å². The lowest BCUT2D eigenvalue weighted by molar-refractivity contribution is -0.129. The Kier molecular flexibility index (Phi) is 6.38. The minimum absolute atomic E-state index is 0.0130. The van der Waals surface area contributed by atoms with E-state index in [1.807, 2.05) is 37.3 Å². The number of benzene rings is 2. The molecule has 0 saturated heterocycles. The average Bonchev–Trinajstić information content (AvgIpc) is 3.22. The van der Waals surface area contributed by atoms with E-state index >= 15 is 0 Å². The Hall–Kier alpha value is -2.67. The summed E-state index contributed by atoms with van der Waals surface area (Å²) in [4.78, 5) is 32.8. The van der Waals surface area contributed by atoms with E-state index < -0.39 is 23.5 Å². The molecule has 1 unspecified atom stereocenters. The summed E-state index contributed by atoms with van der Waals surface area (Å²) in [5.74, 6) is -1.57. The molecule has 32 heavy (non-hydrogen) atoms. The number of rotatable bonds is 6. The summed E-state index contributed by atoms with van der Waals surface area (Å²) in [5.41, 5.74) is 2.14. The second kappa shape index (κ2) is 9.06. The number of amides is 1. The first-order valence-electron chi connectivity index (χ1n) is 9.99. The highest BCUT2D eigenvalue weighted by Gasteiger charge is 2.45. The predicted molar refractivity (Wildman–Crippen MR) is 127 cm³/mol. The number of ketones is 1. The zero-order chi connectivity index (χ0) is 23.0. The summed E-state index contributed by atoms with van der Waals surface area (Å²) in [7, 11) is 0. The maximum absolute atomic E-state index is 13.5. The van der Waals surface area contributed by atoms with Crippen LogP contribution in [-0.4, -0.2) is 33.2 Å². The van der Waals surface area contributed by atoms with Crippen LogP contribution < -0.4 is 0 Å². The molecule has 1 atom stereocenters. The van der Waals surface area contributed by atoms with Gasteiger partial charge in [-0.25, -0.2) is 4.98 Å². The van der Waals surface area contributed by atoms with E-state index in [9.17, 15) is 14.7 Å². The lowest BCUT2D eigenvalue weighted by Gasteiger charge is -2.27. The van der Waals surface area contributed by atoms with Gasteiger partial charge in [-0.2, -0.15) is 0 Å². The monoisotopic (exact) mass is 486 g/mol. The largest absolute Gasteiger partial charge is 0.503 e. The number of hydrogen-bond acceptors (Lipinski definition) is 5. The third-order valence-corrected chi connectivity index (χ3v) is 7.03. The number of thiazole rings is 1. The lowest BCUT2D eigenvalue weighted by Crippen LogP contribution is -2.33. The Morgan fingerprint density at radius 3 is 2.50 bits per heavy atom. The molecule has 0 radical (unpaired) electrons. The normalized spacial score (nSPS) is 16.2. The third kappa shape index (κ3) is 4.18. The van der Waals surface area contributed by atoms with Gasteiger partial charge in [-0.05, 0) is 43.5 Å². The molecular weight excluding hydrogens is 467 g/mol. The van der Waals surface area contributed by atoms with Crippen molar-refractivity contribution >= 4 is 46.2 Å². The average molecular weight is 487 g/mol. The molecule has 164 valence electrons. The molecule has 2 heterocycles. The van der Waals surface area contributed by atoms with Gasteiger partial charge in [0.25, 0.3) is 5.91 Å². The third-order valence-electron chi connectivity index (χ3n) is 5.40. The first kappa shape index (κ1) is 22.5. The summed E-state index contributed by atoms with van der Waals surface area (Å²) >= 11 is 13.8. The molecule has 2 aromatic carbocycles. The van der Waals surface area contributed by atoms with E-state index in [2.05, 4.69) is 4.98 Å². The van der Waals surface area contributed by atoms with Crippen LogP contribution in [0, 0.1) is 13.8 Å². The summed E-state index contributed by atoms with van der Waals surface area (Å²) in [5, 5.41) is 12.3. The van der Waals surface area contributed by atoms with Gasteiger partial charge >= 0.3 is 0 Å². The second-order valence-corrected chi connectivity index (χ2v) is 9.59. The maximum atomic E-state index is 13.5. The quantitative estimate of drug-likeness (QED) is 0.441. The van der Waals surface area contributed by atoms with Crippen molar-refractivity contribution < 1.29 is 14.7 Å². The van der Waals surface area contributed by atoms with Crippen molar-refractivity contribution in [2.24, 2.45) is 0 Å². The number of hydrogen-bond donors (Lipinski definition) is 1. The van der Waals surface area contributed by atoms with E-state index in [0.717, 1.165) is 10.6 Å². The molecule has 4 rings (SSSR count). The van der Waals surface area contributed by atoms with Crippen LogP contribution >= 0.6 is 34.5 Å². The van der Waals surface area contributed by atoms with Gasteiger partial charge in [0.05, 0.1) is 27.2 Å². The van der Waals surface area contributed by atoms with Crippen LogP contribution in [0.4, 0.5) is 0 Å². The lowest BCUT2D eigenvalue weighted by atomic mass is 9.94. The number of aliphatic hydroxyl groups is 1. The fourth-order valence-electron chi connectivity index (χ4n) is 3.92. The molecular formula is C24H20Cl2N2O3S. The molecule has 0 fully saturated rings. The highest BCUT2D eigenvalue weighted by molar-refractivity contribution is 7.14. The number of carbonyl (C=O) groups is 2. The van der Waals surface area contributed by atoms with Gasteiger partial charge in [-0.3, -0.25) is 9.59 Å². The van der Waals surface area contributed by atoms with Gasteiger partial charge in [-0.1, -0.05) is 59.6 Å². The van der Waals surface area contributed by atoms with Crippen LogP contribution in [0.2, 0.25) is 10.0 Å². The number of carbonyl (C=O) groups excluding carboxylic acids is 2. The van der Waals surface area contributed by atoms with E-state index in [4.69, 9.17) is 23.2 Å². The molecule has 3 aromatic rings. The van der Waals surface area contributed by atoms with Gasteiger partial charge in [0.15, 0.2) is 5.76 Å². The van der Waals surface area contributed by atoms with Crippen LogP contribution in [0.1, 0.15) is 37.5 Å². The first-order chi connectivity index (χ1) is 15.3. The zero-order valence-corrected chi connectivity index (χ0v) is 19.8. The number of aliphatic hydroxyl groups excluding tert-OH is 1. The van der Waals surface area contributed by atoms with Gasteiger partial charge in [-0.15, -0.1) is 11.3 Å². The molecule has 1 aromatic heterocycles. The molecule has 0 bridgehead atoms. The molecule has 5 nitrogen and oxygen atoms in total. The van der Waals surface area contributed by atoms with E-state index in [1.54, 1.807) is 25.1 Å². The van der Waals surface area contributed by atoms with Crippen molar-refractivity contribution in [3.63, 3.8) is 0 Å². The van der Waals surface area contributed by atoms with Crippen molar-refractivity contribution in [1.29, 1.82) is 0 Å². The summed E-state index contributed by atoms with van der Waals surface area (Å²) < 4.78 is 0. The van der Waals surface area contributed by atoms with Crippen LogP contribution in [0.3, 0.4) is 0 Å². The number of aryl methyl sites for hydroxylation is 2. The summed E-state index contributed by atoms with van der Waals surface area (Å²) in [6, 6.07) is 13.8. The number of halogens is 2. The van der Waals surface area contributed by atoms with Crippen molar-refractivity contribution in [2.45, 2.75) is 26.3 Å². The number of Topliss-reactive ketones (excluding diaryl/α,β-unsaturated/α-hetero) is 1. The topological polar surface area (TPSA) is 70.5 Å². The van der Waals surface area contributed by atoms with Crippen LogP contribution in [0.5, 0.6) is 0 Å². The Morgan fingerprint density at radius 1 is 1.16 bits per heavy atom. The van der Waals surface area contributed by atoms with Gasteiger partial charge in [0.1, 0.15) is 0 Å². The second-order valence-electron chi connectivity index (χ2n) is 7.54. The molecule has 0 aliphatic carbocycles. The summed E-state index contributed by atoms with van der Waals surface area (Å²) in [6.45, 7) is 3.85. The fourth-order valence-corrected chi connectivity index (χ4v) is 5.31. The molecule has 1 amide bonds.